The summed E-state index contributed by atoms with van der Waals surface area (Å²) in [6, 6.07) is 8.38. The number of carbonyl (C=O) groups is 1. The van der Waals surface area contributed by atoms with E-state index in [1.54, 1.807) is 30.3 Å². The molecule has 1 amide bonds. The number of anilines is 1. The maximum Gasteiger partial charge on any atom is 0.347 e. The Hall–Kier alpha value is -2.14. The van der Waals surface area contributed by atoms with Crippen LogP contribution in [-0.4, -0.2) is 15.5 Å². The van der Waals surface area contributed by atoms with Gasteiger partial charge in [0.25, 0.3) is 0 Å². The third kappa shape index (κ3) is 3.18. The van der Waals surface area contributed by atoms with Gasteiger partial charge in [-0.3, -0.25) is 9.36 Å². The molecule has 0 spiro atoms. The van der Waals surface area contributed by atoms with Crippen molar-refractivity contribution < 1.29 is 4.79 Å². The van der Waals surface area contributed by atoms with Crippen LogP contribution in [0.15, 0.2) is 47.5 Å². The fourth-order valence-corrected chi connectivity index (χ4v) is 1.62. The van der Waals surface area contributed by atoms with Gasteiger partial charge in [0, 0.05) is 23.1 Å². The summed E-state index contributed by atoms with van der Waals surface area (Å²) < 4.78 is 1.22. The molecule has 0 radical (unpaired) electrons. The van der Waals surface area contributed by atoms with E-state index in [0.717, 1.165) is 0 Å². The van der Waals surface area contributed by atoms with E-state index in [-0.39, 0.29) is 12.5 Å². The maximum atomic E-state index is 11.7. The number of rotatable bonds is 3. The molecule has 1 aromatic carbocycles. The molecule has 1 heterocycles. The maximum absolute atomic E-state index is 11.7. The van der Waals surface area contributed by atoms with Gasteiger partial charge >= 0.3 is 5.69 Å². The van der Waals surface area contributed by atoms with Crippen molar-refractivity contribution >= 4 is 23.2 Å². The molecule has 0 aliphatic rings. The molecule has 0 bridgehead atoms. The van der Waals surface area contributed by atoms with Gasteiger partial charge in [-0.2, -0.15) is 0 Å². The van der Waals surface area contributed by atoms with E-state index in [0.29, 0.717) is 10.7 Å². The average molecular weight is 264 g/mol. The van der Waals surface area contributed by atoms with Crippen LogP contribution in [0.1, 0.15) is 0 Å². The number of aromatic nitrogens is 2. The molecule has 5 nitrogen and oxygen atoms in total. The zero-order valence-corrected chi connectivity index (χ0v) is 10.1. The number of amides is 1. The smallest absolute Gasteiger partial charge is 0.324 e. The monoisotopic (exact) mass is 263 g/mol. The lowest BCUT2D eigenvalue weighted by Gasteiger charge is -2.06. The van der Waals surface area contributed by atoms with Crippen molar-refractivity contribution in [1.29, 1.82) is 0 Å². The summed E-state index contributed by atoms with van der Waals surface area (Å²) in [5.74, 6) is -0.313. The van der Waals surface area contributed by atoms with Crippen molar-refractivity contribution in [2.75, 3.05) is 5.32 Å². The molecular weight excluding hydrogens is 254 g/mol. The summed E-state index contributed by atoms with van der Waals surface area (Å²) in [6.07, 6.45) is 2.89. The van der Waals surface area contributed by atoms with E-state index in [1.807, 2.05) is 0 Å². The molecule has 0 saturated carbocycles. The molecule has 1 aromatic heterocycles. The van der Waals surface area contributed by atoms with Gasteiger partial charge in [-0.05, 0) is 24.3 Å². The van der Waals surface area contributed by atoms with Gasteiger partial charge in [0.05, 0.1) is 0 Å². The highest BCUT2D eigenvalue weighted by Gasteiger charge is 2.05. The summed E-state index contributed by atoms with van der Waals surface area (Å²) in [5, 5.41) is 3.18. The van der Waals surface area contributed by atoms with Gasteiger partial charge in [0.1, 0.15) is 6.54 Å². The van der Waals surface area contributed by atoms with Crippen molar-refractivity contribution in [1.82, 2.24) is 9.55 Å². The Morgan fingerprint density at radius 1 is 1.39 bits per heavy atom. The Labute approximate surface area is 108 Å². The highest BCUT2D eigenvalue weighted by atomic mass is 35.5. The molecule has 0 fully saturated rings. The second-order valence-electron chi connectivity index (χ2n) is 3.59. The van der Waals surface area contributed by atoms with E-state index < -0.39 is 5.69 Å². The minimum absolute atomic E-state index is 0.0841. The lowest BCUT2D eigenvalue weighted by atomic mass is 10.3. The second-order valence-corrected chi connectivity index (χ2v) is 4.03. The zero-order chi connectivity index (χ0) is 13.0. The van der Waals surface area contributed by atoms with Crippen LogP contribution in [0, 0.1) is 0 Å². The second kappa shape index (κ2) is 5.46. The first kappa shape index (κ1) is 12.3. The Morgan fingerprint density at radius 2 is 2.22 bits per heavy atom. The number of nitrogens with one attached hydrogen (secondary N) is 1. The fraction of sp³-hybridized carbons (Fsp3) is 0.0833. The lowest BCUT2D eigenvalue weighted by Crippen LogP contribution is -2.28. The molecule has 6 heteroatoms. The molecule has 0 saturated heterocycles. The molecule has 1 N–H and O–H groups in total. The van der Waals surface area contributed by atoms with Crippen LogP contribution >= 0.6 is 11.6 Å². The number of halogens is 1. The summed E-state index contributed by atoms with van der Waals surface area (Å²) in [7, 11) is 0. The first-order chi connectivity index (χ1) is 8.65. The molecule has 92 valence electrons. The van der Waals surface area contributed by atoms with Gasteiger partial charge in [-0.25, -0.2) is 9.78 Å². The number of nitrogens with zero attached hydrogens (tertiary/aromatic N) is 2. The first-order valence-electron chi connectivity index (χ1n) is 5.22. The fourth-order valence-electron chi connectivity index (χ4n) is 1.43. The van der Waals surface area contributed by atoms with Crippen LogP contribution in [0.25, 0.3) is 0 Å². The van der Waals surface area contributed by atoms with Gasteiger partial charge < -0.3 is 5.32 Å². The molecular formula is C12H10ClN3O2. The SMILES string of the molecule is O=C(Cn1cccnc1=O)Nc1cccc(Cl)c1. The standard InChI is InChI=1S/C12H10ClN3O2/c13-9-3-1-4-10(7-9)15-11(17)8-16-6-2-5-14-12(16)18/h1-7H,8H2,(H,15,17). The lowest BCUT2D eigenvalue weighted by molar-refractivity contribution is -0.116. The average Bonchev–Trinajstić information content (AvgIpc) is 2.32. The van der Waals surface area contributed by atoms with Gasteiger partial charge in [-0.15, -0.1) is 0 Å². The third-order valence-electron chi connectivity index (χ3n) is 2.21. The Balaban J connectivity index is 2.06. The van der Waals surface area contributed by atoms with Crippen LogP contribution in [0.3, 0.4) is 0 Å². The summed E-state index contributed by atoms with van der Waals surface area (Å²) in [4.78, 5) is 26.6. The number of hydrogen-bond donors (Lipinski definition) is 1. The van der Waals surface area contributed by atoms with E-state index >= 15 is 0 Å². The molecule has 2 aromatic rings. The van der Waals surface area contributed by atoms with Crippen molar-refractivity contribution in [3.8, 4) is 0 Å². The summed E-state index contributed by atoms with van der Waals surface area (Å²) >= 11 is 5.80. The summed E-state index contributed by atoms with van der Waals surface area (Å²) in [5.41, 5.74) is 0.128. The van der Waals surface area contributed by atoms with Gasteiger partial charge in [-0.1, -0.05) is 17.7 Å². The molecule has 0 aliphatic heterocycles. The molecule has 0 atom stereocenters. The molecule has 0 aliphatic carbocycles. The minimum atomic E-state index is -0.459. The number of carbonyl (C=O) groups excluding carboxylic acids is 1. The van der Waals surface area contributed by atoms with E-state index in [1.165, 1.54) is 17.0 Å². The van der Waals surface area contributed by atoms with Crippen LogP contribution in [0.4, 0.5) is 5.69 Å². The highest BCUT2D eigenvalue weighted by Crippen LogP contribution is 2.14. The van der Waals surface area contributed by atoms with E-state index in [2.05, 4.69) is 10.3 Å². The largest absolute Gasteiger partial charge is 0.347 e. The Morgan fingerprint density at radius 3 is 2.94 bits per heavy atom. The molecule has 2 rings (SSSR count). The van der Waals surface area contributed by atoms with Crippen molar-refractivity contribution in [2.45, 2.75) is 6.54 Å². The van der Waals surface area contributed by atoms with E-state index in [4.69, 9.17) is 11.6 Å². The van der Waals surface area contributed by atoms with Crippen molar-refractivity contribution in [3.05, 3.63) is 58.2 Å². The predicted molar refractivity (Wildman–Crippen MR) is 68.6 cm³/mol. The van der Waals surface area contributed by atoms with Crippen molar-refractivity contribution in [2.24, 2.45) is 0 Å². The molecule has 0 unspecified atom stereocenters. The van der Waals surface area contributed by atoms with E-state index in [9.17, 15) is 9.59 Å². The van der Waals surface area contributed by atoms with Crippen LogP contribution in [0.5, 0.6) is 0 Å². The van der Waals surface area contributed by atoms with Crippen LogP contribution in [-0.2, 0) is 11.3 Å². The third-order valence-corrected chi connectivity index (χ3v) is 2.44. The normalized spacial score (nSPS) is 10.1. The van der Waals surface area contributed by atoms with Crippen LogP contribution < -0.4 is 11.0 Å². The highest BCUT2D eigenvalue weighted by molar-refractivity contribution is 6.30. The van der Waals surface area contributed by atoms with Gasteiger partial charge in [0.15, 0.2) is 0 Å². The topological polar surface area (TPSA) is 64.0 Å². The number of benzene rings is 1. The molecule has 18 heavy (non-hydrogen) atoms. The Bertz CT molecular complexity index is 624. The first-order valence-corrected chi connectivity index (χ1v) is 5.60. The number of hydrogen-bond acceptors (Lipinski definition) is 3. The van der Waals surface area contributed by atoms with Gasteiger partial charge in [0.2, 0.25) is 5.91 Å². The zero-order valence-electron chi connectivity index (χ0n) is 9.34. The quantitative estimate of drug-likeness (QED) is 0.913. The minimum Gasteiger partial charge on any atom is -0.324 e. The van der Waals surface area contributed by atoms with Crippen LogP contribution in [0.2, 0.25) is 5.02 Å². The van der Waals surface area contributed by atoms with Crippen molar-refractivity contribution in [3.63, 3.8) is 0 Å². The summed E-state index contributed by atoms with van der Waals surface area (Å²) in [6.45, 7) is -0.0841. The Kier molecular flexibility index (Phi) is 3.74. The predicted octanol–water partition coefficient (Wildman–Crippen LogP) is 1.54.